The number of nitrogens with zero attached hydrogens (tertiary/aromatic N) is 1. The number of halogens is 1. The van der Waals surface area contributed by atoms with Gasteiger partial charge in [0.2, 0.25) is 0 Å². The highest BCUT2D eigenvalue weighted by Gasteiger charge is 2.02. The largest absolute Gasteiger partial charge is 0.380 e. The minimum absolute atomic E-state index is 0. The van der Waals surface area contributed by atoms with E-state index in [2.05, 4.69) is 31.1 Å². The predicted octanol–water partition coefficient (Wildman–Crippen LogP) is 2.65. The van der Waals surface area contributed by atoms with Gasteiger partial charge in [0.25, 0.3) is 0 Å². The summed E-state index contributed by atoms with van der Waals surface area (Å²) in [5.74, 6) is 0.600. The van der Waals surface area contributed by atoms with E-state index in [0.29, 0.717) is 12.0 Å². The summed E-state index contributed by atoms with van der Waals surface area (Å²) in [7, 11) is 0. The molecule has 1 heterocycles. The Morgan fingerprint density at radius 1 is 1.24 bits per heavy atom. The molecular formula is C13H23ClN2O. The number of hydrogen-bond donors (Lipinski definition) is 1. The molecule has 0 saturated heterocycles. The lowest BCUT2D eigenvalue weighted by Crippen LogP contribution is -2.30. The van der Waals surface area contributed by atoms with E-state index in [-0.39, 0.29) is 12.4 Å². The van der Waals surface area contributed by atoms with E-state index >= 15 is 0 Å². The third-order valence-electron chi connectivity index (χ3n) is 2.18. The molecule has 0 aliphatic rings. The molecule has 1 aromatic rings. The molecule has 0 amide bonds. The van der Waals surface area contributed by atoms with Crippen molar-refractivity contribution in [3.63, 3.8) is 0 Å². The van der Waals surface area contributed by atoms with Crippen LogP contribution in [0.2, 0.25) is 0 Å². The monoisotopic (exact) mass is 258 g/mol. The summed E-state index contributed by atoms with van der Waals surface area (Å²) >= 11 is 0. The Labute approximate surface area is 110 Å². The molecule has 0 bridgehead atoms. The second-order valence-corrected chi connectivity index (χ2v) is 4.53. The highest BCUT2D eigenvalue weighted by Crippen LogP contribution is 1.96. The third-order valence-corrected chi connectivity index (χ3v) is 2.18. The minimum Gasteiger partial charge on any atom is -0.380 e. The molecule has 0 aliphatic heterocycles. The number of aromatic nitrogens is 1. The van der Waals surface area contributed by atoms with Gasteiger partial charge in [-0.2, -0.15) is 0 Å². The van der Waals surface area contributed by atoms with Gasteiger partial charge < -0.3 is 10.1 Å². The fourth-order valence-corrected chi connectivity index (χ4v) is 1.32. The van der Waals surface area contributed by atoms with Crippen molar-refractivity contribution in [2.75, 3.05) is 13.2 Å². The zero-order valence-corrected chi connectivity index (χ0v) is 11.7. The lowest BCUT2D eigenvalue weighted by atomic mass is 10.2. The molecule has 1 aromatic heterocycles. The molecule has 0 aliphatic carbocycles. The Morgan fingerprint density at radius 2 is 2.00 bits per heavy atom. The molecule has 17 heavy (non-hydrogen) atoms. The smallest absolute Gasteiger partial charge is 0.0617 e. The molecule has 3 nitrogen and oxygen atoms in total. The van der Waals surface area contributed by atoms with Gasteiger partial charge >= 0.3 is 0 Å². The highest BCUT2D eigenvalue weighted by molar-refractivity contribution is 5.85. The van der Waals surface area contributed by atoms with Crippen LogP contribution < -0.4 is 5.32 Å². The van der Waals surface area contributed by atoms with Crippen LogP contribution in [-0.2, 0) is 11.3 Å². The van der Waals surface area contributed by atoms with Crippen molar-refractivity contribution in [2.24, 2.45) is 5.92 Å². The molecule has 1 atom stereocenters. The molecule has 0 fully saturated rings. The second kappa shape index (κ2) is 9.40. The lowest BCUT2D eigenvalue weighted by molar-refractivity contribution is 0.0934. The van der Waals surface area contributed by atoms with Crippen LogP contribution in [-0.4, -0.2) is 24.2 Å². The van der Waals surface area contributed by atoms with Crippen LogP contribution in [0.3, 0.4) is 0 Å². The predicted molar refractivity (Wildman–Crippen MR) is 73.4 cm³/mol. The Kier molecular flexibility index (Phi) is 9.04. The summed E-state index contributed by atoms with van der Waals surface area (Å²) in [6.07, 6.45) is 1.82. The number of hydrogen-bond acceptors (Lipinski definition) is 3. The van der Waals surface area contributed by atoms with Crippen LogP contribution in [0.25, 0.3) is 0 Å². The first kappa shape index (κ1) is 16.4. The number of ether oxygens (including phenoxy) is 1. The fourth-order valence-electron chi connectivity index (χ4n) is 1.32. The van der Waals surface area contributed by atoms with Gasteiger partial charge in [-0.15, -0.1) is 12.4 Å². The normalized spacial score (nSPS) is 12.2. The summed E-state index contributed by atoms with van der Waals surface area (Å²) in [6.45, 7) is 8.83. The third kappa shape index (κ3) is 8.13. The van der Waals surface area contributed by atoms with Gasteiger partial charge in [0.1, 0.15) is 0 Å². The van der Waals surface area contributed by atoms with Gasteiger partial charge in [-0.25, -0.2) is 0 Å². The molecule has 1 rings (SSSR count). The van der Waals surface area contributed by atoms with Crippen molar-refractivity contribution in [1.29, 1.82) is 0 Å². The Bertz CT molecular complexity index is 280. The molecule has 0 saturated carbocycles. The van der Waals surface area contributed by atoms with Crippen LogP contribution in [0.5, 0.6) is 0 Å². The van der Waals surface area contributed by atoms with Crippen molar-refractivity contribution in [3.05, 3.63) is 30.1 Å². The van der Waals surface area contributed by atoms with E-state index in [1.165, 1.54) is 0 Å². The minimum atomic E-state index is 0. The molecule has 0 spiro atoms. The lowest BCUT2D eigenvalue weighted by Gasteiger charge is -2.14. The molecule has 98 valence electrons. The van der Waals surface area contributed by atoms with E-state index in [9.17, 15) is 0 Å². The topological polar surface area (TPSA) is 34.1 Å². The molecule has 0 radical (unpaired) electrons. The van der Waals surface area contributed by atoms with Crippen LogP contribution in [0.4, 0.5) is 0 Å². The van der Waals surface area contributed by atoms with Crippen molar-refractivity contribution in [1.82, 2.24) is 10.3 Å². The van der Waals surface area contributed by atoms with Crippen molar-refractivity contribution >= 4 is 12.4 Å². The summed E-state index contributed by atoms with van der Waals surface area (Å²) < 4.78 is 5.56. The maximum absolute atomic E-state index is 5.56. The van der Waals surface area contributed by atoms with E-state index in [4.69, 9.17) is 4.74 Å². The van der Waals surface area contributed by atoms with Gasteiger partial charge in [0.05, 0.1) is 12.3 Å². The first-order valence-corrected chi connectivity index (χ1v) is 5.89. The molecule has 1 unspecified atom stereocenters. The van der Waals surface area contributed by atoms with Gasteiger partial charge in [0.15, 0.2) is 0 Å². The van der Waals surface area contributed by atoms with Gasteiger partial charge in [0, 0.05) is 25.4 Å². The zero-order valence-electron chi connectivity index (χ0n) is 10.8. The number of pyridine rings is 1. The first-order valence-electron chi connectivity index (χ1n) is 5.89. The van der Waals surface area contributed by atoms with Crippen LogP contribution in [0.1, 0.15) is 26.5 Å². The summed E-state index contributed by atoms with van der Waals surface area (Å²) in [4.78, 5) is 4.26. The molecule has 1 N–H and O–H groups in total. The Hall–Kier alpha value is -0.640. The second-order valence-electron chi connectivity index (χ2n) is 4.53. The molecule has 0 aromatic carbocycles. The van der Waals surface area contributed by atoms with Crippen molar-refractivity contribution < 1.29 is 4.74 Å². The standard InChI is InChI=1S/C13H22N2O.ClH/c1-11(2)9-16-10-12(3)15-8-13-6-4-5-7-14-13;/h4-7,11-12,15H,8-10H2,1-3H3;1H. The van der Waals surface area contributed by atoms with E-state index < -0.39 is 0 Å². The summed E-state index contributed by atoms with van der Waals surface area (Å²) in [5.41, 5.74) is 1.07. The summed E-state index contributed by atoms with van der Waals surface area (Å²) in [5, 5.41) is 3.39. The van der Waals surface area contributed by atoms with Gasteiger partial charge in [-0.1, -0.05) is 19.9 Å². The average Bonchev–Trinajstić information content (AvgIpc) is 2.27. The quantitative estimate of drug-likeness (QED) is 0.817. The number of nitrogens with one attached hydrogen (secondary N) is 1. The van der Waals surface area contributed by atoms with E-state index in [1.807, 2.05) is 24.4 Å². The van der Waals surface area contributed by atoms with Gasteiger partial charge in [-0.05, 0) is 25.0 Å². The summed E-state index contributed by atoms with van der Waals surface area (Å²) in [6, 6.07) is 6.32. The van der Waals surface area contributed by atoms with Gasteiger partial charge in [-0.3, -0.25) is 4.98 Å². The zero-order chi connectivity index (χ0) is 11.8. The maximum Gasteiger partial charge on any atom is 0.0617 e. The van der Waals surface area contributed by atoms with Crippen LogP contribution in [0.15, 0.2) is 24.4 Å². The Balaban J connectivity index is 0.00000256. The van der Waals surface area contributed by atoms with E-state index in [1.54, 1.807) is 0 Å². The first-order chi connectivity index (χ1) is 7.68. The fraction of sp³-hybridized carbons (Fsp3) is 0.615. The molecular weight excluding hydrogens is 236 g/mol. The Morgan fingerprint density at radius 3 is 2.59 bits per heavy atom. The van der Waals surface area contributed by atoms with Crippen molar-refractivity contribution in [3.8, 4) is 0 Å². The SMILES string of the molecule is CC(C)COCC(C)NCc1ccccn1.Cl. The van der Waals surface area contributed by atoms with Crippen molar-refractivity contribution in [2.45, 2.75) is 33.4 Å². The highest BCUT2D eigenvalue weighted by atomic mass is 35.5. The van der Waals surface area contributed by atoms with Crippen LogP contribution in [0, 0.1) is 5.92 Å². The molecule has 4 heteroatoms. The van der Waals surface area contributed by atoms with Crippen LogP contribution >= 0.6 is 12.4 Å². The maximum atomic E-state index is 5.56. The van der Waals surface area contributed by atoms with E-state index in [0.717, 1.165) is 25.5 Å². The number of rotatable bonds is 7. The average molecular weight is 259 g/mol.